The van der Waals surface area contributed by atoms with Crippen LogP contribution in [0.2, 0.25) is 0 Å². The van der Waals surface area contributed by atoms with Gasteiger partial charge in [-0.25, -0.2) is 4.79 Å². The van der Waals surface area contributed by atoms with Crippen molar-refractivity contribution in [2.24, 2.45) is 5.73 Å². The van der Waals surface area contributed by atoms with Crippen LogP contribution in [-0.4, -0.2) is 53.7 Å². The van der Waals surface area contributed by atoms with Crippen LogP contribution in [0.5, 0.6) is 11.5 Å². The number of hydrogen-bond donors (Lipinski definition) is 3. The van der Waals surface area contributed by atoms with E-state index < -0.39 is 23.6 Å². The van der Waals surface area contributed by atoms with E-state index in [1.54, 1.807) is 49.9 Å². The van der Waals surface area contributed by atoms with Gasteiger partial charge in [-0.2, -0.15) is 0 Å². The van der Waals surface area contributed by atoms with Crippen LogP contribution in [0.15, 0.2) is 36.4 Å². The van der Waals surface area contributed by atoms with Gasteiger partial charge in [-0.3, -0.25) is 9.59 Å². The maximum absolute atomic E-state index is 12.8. The summed E-state index contributed by atoms with van der Waals surface area (Å²) in [6.07, 6.45) is 0.205. The van der Waals surface area contributed by atoms with Crippen LogP contribution < -0.4 is 20.7 Å². The lowest BCUT2D eigenvalue weighted by molar-refractivity contribution is -0.163. The number of carbonyl (C=O) groups excluding carboxylic acids is 3. The molecule has 1 heterocycles. The molecule has 0 aliphatic carbocycles. The number of benzene rings is 2. The first kappa shape index (κ1) is 27.0. The van der Waals surface area contributed by atoms with Gasteiger partial charge in [-0.15, -0.1) is 0 Å². The third kappa shape index (κ3) is 6.75. The highest BCUT2D eigenvalue weighted by atomic mass is 16.6. The quantitative estimate of drug-likeness (QED) is 0.454. The van der Waals surface area contributed by atoms with E-state index in [0.717, 1.165) is 11.1 Å². The Morgan fingerprint density at radius 3 is 2.50 bits per heavy atom. The summed E-state index contributed by atoms with van der Waals surface area (Å²) in [6, 6.07) is 10.0. The van der Waals surface area contributed by atoms with Gasteiger partial charge in [-0.1, -0.05) is 18.2 Å². The van der Waals surface area contributed by atoms with E-state index >= 15 is 0 Å². The standard InChI is InChI=1S/C27H35N3O6/c1-16(12-18-13-19-10-11-30(17(2)31)24(19)20(14-18)25(28)33)29-15-23(26(34)36-27(3,4)5)35-22-9-7-6-8-21(22)32/h6-9,13-14,16,23,29,32H,10-12,15H2,1-5H3,(H2,28,33). The second-order valence-electron chi connectivity index (χ2n) is 10.1. The maximum Gasteiger partial charge on any atom is 0.349 e. The first-order chi connectivity index (χ1) is 16.9. The first-order valence-corrected chi connectivity index (χ1v) is 12.0. The Hall–Kier alpha value is -3.59. The van der Waals surface area contributed by atoms with Gasteiger partial charge in [0, 0.05) is 26.1 Å². The Balaban J connectivity index is 1.74. The van der Waals surface area contributed by atoms with Gasteiger partial charge < -0.3 is 30.5 Å². The number of rotatable bonds is 9. The number of esters is 1. The molecule has 1 aliphatic heterocycles. The van der Waals surface area contributed by atoms with E-state index in [2.05, 4.69) is 5.32 Å². The van der Waals surface area contributed by atoms with Crippen molar-refractivity contribution in [3.05, 3.63) is 53.1 Å². The molecule has 2 aromatic carbocycles. The van der Waals surface area contributed by atoms with Crippen molar-refractivity contribution in [3.8, 4) is 11.5 Å². The fraction of sp³-hybridized carbons (Fsp3) is 0.444. The highest BCUT2D eigenvalue weighted by Gasteiger charge is 2.30. The number of anilines is 1. The van der Waals surface area contributed by atoms with E-state index in [-0.39, 0.29) is 30.0 Å². The van der Waals surface area contributed by atoms with Crippen molar-refractivity contribution >= 4 is 23.5 Å². The third-order valence-electron chi connectivity index (χ3n) is 5.77. The lowest BCUT2D eigenvalue weighted by Gasteiger charge is -2.26. The summed E-state index contributed by atoms with van der Waals surface area (Å²) in [7, 11) is 0. The highest BCUT2D eigenvalue weighted by molar-refractivity contribution is 6.05. The summed E-state index contributed by atoms with van der Waals surface area (Å²) < 4.78 is 11.3. The lowest BCUT2D eigenvalue weighted by Crippen LogP contribution is -2.44. The third-order valence-corrected chi connectivity index (χ3v) is 5.77. The topological polar surface area (TPSA) is 131 Å². The van der Waals surface area contributed by atoms with Gasteiger partial charge in [0.2, 0.25) is 12.0 Å². The van der Waals surface area contributed by atoms with Crippen LogP contribution >= 0.6 is 0 Å². The number of phenols is 1. The minimum absolute atomic E-state index is 0.0733. The zero-order chi connectivity index (χ0) is 26.6. The molecule has 2 amide bonds. The molecule has 0 saturated heterocycles. The predicted octanol–water partition coefficient (Wildman–Crippen LogP) is 2.71. The van der Waals surface area contributed by atoms with Crippen molar-refractivity contribution < 1.29 is 29.0 Å². The fourth-order valence-corrected chi connectivity index (χ4v) is 4.22. The normalized spacial score (nSPS) is 14.6. The monoisotopic (exact) mass is 497 g/mol. The summed E-state index contributed by atoms with van der Waals surface area (Å²) in [5.41, 5.74) is 7.67. The molecule has 2 unspecified atom stereocenters. The molecule has 3 rings (SSSR count). The number of primary amides is 1. The van der Waals surface area contributed by atoms with Crippen molar-refractivity contribution in [3.63, 3.8) is 0 Å². The second kappa shape index (κ2) is 11.0. The van der Waals surface area contributed by atoms with Crippen LogP contribution in [0, 0.1) is 0 Å². The van der Waals surface area contributed by atoms with E-state index in [0.29, 0.717) is 30.6 Å². The number of ether oxygens (including phenoxy) is 2. The molecule has 9 nitrogen and oxygen atoms in total. The average molecular weight is 498 g/mol. The zero-order valence-corrected chi connectivity index (χ0v) is 21.5. The Morgan fingerprint density at radius 2 is 1.89 bits per heavy atom. The SMILES string of the molecule is CC(=O)N1CCc2cc(CC(C)NCC(Oc3ccccc3O)C(=O)OC(C)(C)C)cc(C(N)=O)c21. The summed E-state index contributed by atoms with van der Waals surface area (Å²) in [6.45, 7) is 9.39. The molecule has 0 saturated carbocycles. The minimum Gasteiger partial charge on any atom is -0.504 e. The van der Waals surface area contributed by atoms with Crippen molar-refractivity contribution in [1.29, 1.82) is 0 Å². The number of nitrogens with zero attached hydrogens (tertiary/aromatic N) is 1. The number of hydrogen-bond acceptors (Lipinski definition) is 7. The van der Waals surface area contributed by atoms with Crippen molar-refractivity contribution in [2.45, 2.75) is 65.2 Å². The van der Waals surface area contributed by atoms with Crippen molar-refractivity contribution in [2.75, 3.05) is 18.0 Å². The Kier molecular flexibility index (Phi) is 8.24. The molecule has 0 spiro atoms. The van der Waals surface area contributed by atoms with Crippen LogP contribution in [0.4, 0.5) is 5.69 Å². The Bertz CT molecular complexity index is 1140. The van der Waals surface area contributed by atoms with Gasteiger partial charge >= 0.3 is 5.97 Å². The molecule has 9 heteroatoms. The van der Waals surface area contributed by atoms with Gasteiger partial charge in [-0.05, 0) is 69.9 Å². The molecule has 2 atom stereocenters. The fourth-order valence-electron chi connectivity index (χ4n) is 4.22. The van der Waals surface area contributed by atoms with E-state index in [9.17, 15) is 19.5 Å². The largest absolute Gasteiger partial charge is 0.504 e. The number of phenolic OH excluding ortho intramolecular Hbond substituents is 1. The molecule has 4 N–H and O–H groups in total. The molecule has 0 bridgehead atoms. The van der Waals surface area contributed by atoms with Crippen molar-refractivity contribution in [1.82, 2.24) is 5.32 Å². The number of nitrogens with one attached hydrogen (secondary N) is 1. The number of nitrogens with two attached hydrogens (primary N) is 1. The predicted molar refractivity (Wildman–Crippen MR) is 136 cm³/mol. The summed E-state index contributed by atoms with van der Waals surface area (Å²) in [5.74, 6) is -1.15. The second-order valence-corrected chi connectivity index (χ2v) is 10.1. The summed E-state index contributed by atoms with van der Waals surface area (Å²) in [5, 5.41) is 13.4. The Morgan fingerprint density at radius 1 is 1.19 bits per heavy atom. The van der Waals surface area contributed by atoms with Crippen LogP contribution in [0.1, 0.15) is 56.1 Å². The smallest absolute Gasteiger partial charge is 0.349 e. The molecule has 2 aromatic rings. The highest BCUT2D eigenvalue weighted by Crippen LogP contribution is 2.33. The molecular weight excluding hydrogens is 462 g/mol. The number of carbonyl (C=O) groups is 3. The zero-order valence-electron chi connectivity index (χ0n) is 21.5. The van der Waals surface area contributed by atoms with Gasteiger partial charge in [0.25, 0.3) is 5.91 Å². The van der Waals surface area contributed by atoms with Gasteiger partial charge in [0.15, 0.2) is 11.5 Å². The maximum atomic E-state index is 12.8. The number of para-hydroxylation sites is 2. The number of amides is 2. The molecule has 1 aliphatic rings. The van der Waals surface area contributed by atoms with E-state index in [1.807, 2.05) is 13.0 Å². The molecule has 0 aromatic heterocycles. The van der Waals surface area contributed by atoms with Crippen LogP contribution in [0.25, 0.3) is 0 Å². The first-order valence-electron chi connectivity index (χ1n) is 12.0. The Labute approximate surface area is 211 Å². The molecule has 0 fully saturated rings. The van der Waals surface area contributed by atoms with Crippen LogP contribution in [-0.2, 0) is 27.2 Å². The average Bonchev–Trinajstić information content (AvgIpc) is 3.20. The molecule has 36 heavy (non-hydrogen) atoms. The number of fused-ring (bicyclic) bond motifs is 1. The molecule has 0 radical (unpaired) electrons. The molecular formula is C27H35N3O6. The summed E-state index contributed by atoms with van der Waals surface area (Å²) in [4.78, 5) is 38.6. The minimum atomic E-state index is -0.995. The number of aromatic hydroxyl groups is 1. The van der Waals surface area contributed by atoms with Gasteiger partial charge in [0.1, 0.15) is 5.60 Å². The van der Waals surface area contributed by atoms with E-state index in [1.165, 1.54) is 13.0 Å². The molecule has 194 valence electrons. The van der Waals surface area contributed by atoms with E-state index in [4.69, 9.17) is 15.2 Å². The lowest BCUT2D eigenvalue weighted by atomic mass is 9.98. The van der Waals surface area contributed by atoms with Gasteiger partial charge in [0.05, 0.1) is 11.3 Å². The summed E-state index contributed by atoms with van der Waals surface area (Å²) >= 11 is 0. The van der Waals surface area contributed by atoms with Crippen LogP contribution in [0.3, 0.4) is 0 Å².